The van der Waals surface area contributed by atoms with E-state index < -0.39 is 0 Å². The maximum Gasteiger partial charge on any atom is 0.276 e. The van der Waals surface area contributed by atoms with Crippen molar-refractivity contribution in [3.8, 4) is 0 Å². The van der Waals surface area contributed by atoms with Crippen LogP contribution >= 0.6 is 11.3 Å². The molecule has 110 valence electrons. The van der Waals surface area contributed by atoms with Crippen molar-refractivity contribution in [1.29, 1.82) is 0 Å². The minimum absolute atomic E-state index is 0.202. The fraction of sp³-hybridized carbons (Fsp3) is 0.400. The van der Waals surface area contributed by atoms with Crippen molar-refractivity contribution in [2.45, 2.75) is 25.8 Å². The van der Waals surface area contributed by atoms with E-state index in [0.717, 1.165) is 23.4 Å². The second-order valence-corrected chi connectivity index (χ2v) is 6.58. The molecule has 0 radical (unpaired) electrons. The van der Waals surface area contributed by atoms with Gasteiger partial charge in [-0.1, -0.05) is 0 Å². The lowest BCUT2D eigenvalue weighted by atomic mass is 10.1. The molecule has 6 heteroatoms. The third kappa shape index (κ3) is 3.11. The molecule has 0 bridgehead atoms. The Labute approximate surface area is 128 Å². The summed E-state index contributed by atoms with van der Waals surface area (Å²) in [6.45, 7) is 3.06. The Hall–Kier alpha value is -1.79. The standard InChI is InChI=1S/C15H18N4OS/c1-10-9-17-15(21-10)18-14(20)12-8-11(5-6-16-12)13-4-3-7-19(13)2/h5-6,8-9,13H,3-4,7H2,1-2H3,(H,17,18,20)/t13-/m1/s1. The number of pyridine rings is 1. The Kier molecular flexibility index (Phi) is 3.98. The molecule has 2 aromatic heterocycles. The summed E-state index contributed by atoms with van der Waals surface area (Å²) in [5.41, 5.74) is 1.60. The van der Waals surface area contributed by atoms with Gasteiger partial charge in [0.1, 0.15) is 5.69 Å². The van der Waals surface area contributed by atoms with Crippen molar-refractivity contribution in [2.75, 3.05) is 18.9 Å². The van der Waals surface area contributed by atoms with Crippen molar-refractivity contribution in [3.05, 3.63) is 40.7 Å². The SMILES string of the molecule is Cc1cnc(NC(=O)c2cc([C@H]3CCCN3C)ccn2)s1. The monoisotopic (exact) mass is 302 g/mol. The normalized spacial score (nSPS) is 18.9. The van der Waals surface area contributed by atoms with Crippen LogP contribution < -0.4 is 5.32 Å². The lowest BCUT2D eigenvalue weighted by Crippen LogP contribution is -2.19. The summed E-state index contributed by atoms with van der Waals surface area (Å²) in [7, 11) is 2.12. The van der Waals surface area contributed by atoms with Crippen LogP contribution in [0.5, 0.6) is 0 Å². The molecule has 2 aromatic rings. The second kappa shape index (κ2) is 5.91. The highest BCUT2D eigenvalue weighted by Gasteiger charge is 2.23. The van der Waals surface area contributed by atoms with Crippen LogP contribution in [0.3, 0.4) is 0 Å². The number of nitrogens with zero attached hydrogens (tertiary/aromatic N) is 3. The average molecular weight is 302 g/mol. The van der Waals surface area contributed by atoms with Gasteiger partial charge in [-0.05, 0) is 51.1 Å². The summed E-state index contributed by atoms with van der Waals surface area (Å²) >= 11 is 1.46. The van der Waals surface area contributed by atoms with E-state index in [0.29, 0.717) is 16.9 Å². The Morgan fingerprint density at radius 2 is 2.33 bits per heavy atom. The average Bonchev–Trinajstić information content (AvgIpc) is 3.07. The first-order valence-electron chi connectivity index (χ1n) is 7.03. The first-order chi connectivity index (χ1) is 10.1. The van der Waals surface area contributed by atoms with Gasteiger partial charge >= 0.3 is 0 Å². The molecule has 0 aromatic carbocycles. The van der Waals surface area contributed by atoms with Gasteiger partial charge in [0.25, 0.3) is 5.91 Å². The number of hydrogen-bond donors (Lipinski definition) is 1. The smallest absolute Gasteiger partial charge is 0.276 e. The fourth-order valence-corrected chi connectivity index (χ4v) is 3.34. The van der Waals surface area contributed by atoms with Crippen LogP contribution in [0.15, 0.2) is 24.5 Å². The third-order valence-corrected chi connectivity index (χ3v) is 4.59. The van der Waals surface area contributed by atoms with Gasteiger partial charge in [-0.3, -0.25) is 20.0 Å². The van der Waals surface area contributed by atoms with Crippen molar-refractivity contribution < 1.29 is 4.79 Å². The highest BCUT2D eigenvalue weighted by atomic mass is 32.1. The molecule has 0 spiro atoms. The Bertz CT molecular complexity index is 655. The first kappa shape index (κ1) is 14.2. The first-order valence-corrected chi connectivity index (χ1v) is 7.85. The van der Waals surface area contributed by atoms with E-state index in [1.165, 1.54) is 17.8 Å². The molecule has 21 heavy (non-hydrogen) atoms. The third-order valence-electron chi connectivity index (χ3n) is 3.76. The Morgan fingerprint density at radius 3 is 3.00 bits per heavy atom. The number of anilines is 1. The number of rotatable bonds is 3. The van der Waals surface area contributed by atoms with Crippen molar-refractivity contribution in [2.24, 2.45) is 0 Å². The lowest BCUT2D eigenvalue weighted by molar-refractivity contribution is 0.102. The highest BCUT2D eigenvalue weighted by Crippen LogP contribution is 2.30. The molecule has 1 saturated heterocycles. The number of likely N-dealkylation sites (tertiary alicyclic amines) is 1. The minimum atomic E-state index is -0.202. The molecule has 3 rings (SSSR count). The molecule has 1 aliphatic rings. The van der Waals surface area contributed by atoms with E-state index in [1.807, 2.05) is 19.1 Å². The van der Waals surface area contributed by atoms with Crippen molar-refractivity contribution in [1.82, 2.24) is 14.9 Å². The van der Waals surface area contributed by atoms with Gasteiger partial charge in [0, 0.05) is 23.3 Å². The number of nitrogens with one attached hydrogen (secondary N) is 1. The minimum Gasteiger partial charge on any atom is -0.299 e. The number of carbonyl (C=O) groups excluding carboxylic acids is 1. The van der Waals surface area contributed by atoms with Crippen molar-refractivity contribution >= 4 is 22.4 Å². The Morgan fingerprint density at radius 1 is 1.48 bits per heavy atom. The number of carbonyl (C=O) groups is 1. The number of aromatic nitrogens is 2. The predicted octanol–water partition coefficient (Wildman–Crippen LogP) is 2.87. The van der Waals surface area contributed by atoms with E-state index in [9.17, 15) is 4.79 Å². The van der Waals surface area contributed by atoms with Gasteiger partial charge in [-0.25, -0.2) is 4.98 Å². The quantitative estimate of drug-likeness (QED) is 0.947. The number of hydrogen-bond acceptors (Lipinski definition) is 5. The van der Waals surface area contributed by atoms with Crippen LogP contribution in [-0.4, -0.2) is 34.4 Å². The van der Waals surface area contributed by atoms with Crippen LogP contribution in [-0.2, 0) is 0 Å². The summed E-state index contributed by atoms with van der Waals surface area (Å²) in [6, 6.07) is 4.28. The van der Waals surface area contributed by atoms with Gasteiger partial charge in [-0.15, -0.1) is 11.3 Å². The molecule has 0 saturated carbocycles. The number of aryl methyl sites for hydroxylation is 1. The zero-order chi connectivity index (χ0) is 14.8. The maximum atomic E-state index is 12.3. The summed E-state index contributed by atoms with van der Waals surface area (Å²) in [5.74, 6) is -0.202. The second-order valence-electron chi connectivity index (χ2n) is 5.34. The molecule has 0 aliphatic carbocycles. The molecule has 3 heterocycles. The summed E-state index contributed by atoms with van der Waals surface area (Å²) in [5, 5.41) is 3.41. The molecule has 1 N–H and O–H groups in total. The van der Waals surface area contributed by atoms with Crippen molar-refractivity contribution in [3.63, 3.8) is 0 Å². The molecule has 1 aliphatic heterocycles. The largest absolute Gasteiger partial charge is 0.299 e. The van der Waals surface area contributed by atoms with E-state index in [4.69, 9.17) is 0 Å². The van der Waals surface area contributed by atoms with E-state index in [1.54, 1.807) is 12.4 Å². The van der Waals surface area contributed by atoms with Crippen LogP contribution in [0.2, 0.25) is 0 Å². The highest BCUT2D eigenvalue weighted by molar-refractivity contribution is 7.15. The van der Waals surface area contributed by atoms with Crippen LogP contribution in [0.1, 0.15) is 39.8 Å². The summed E-state index contributed by atoms with van der Waals surface area (Å²) in [6.07, 6.45) is 5.79. The van der Waals surface area contributed by atoms with Gasteiger partial charge in [0.05, 0.1) is 0 Å². The summed E-state index contributed by atoms with van der Waals surface area (Å²) < 4.78 is 0. The molecular formula is C15H18N4OS. The number of thiazole rings is 1. The van der Waals surface area contributed by atoms with Gasteiger partial charge in [0.15, 0.2) is 5.13 Å². The van der Waals surface area contributed by atoms with Crippen LogP contribution in [0.25, 0.3) is 0 Å². The molecule has 1 fully saturated rings. The zero-order valence-corrected chi connectivity index (χ0v) is 13.0. The molecule has 1 atom stereocenters. The fourth-order valence-electron chi connectivity index (χ4n) is 2.68. The molecule has 1 amide bonds. The number of amides is 1. The molecular weight excluding hydrogens is 284 g/mol. The van der Waals surface area contributed by atoms with Gasteiger partial charge < -0.3 is 0 Å². The topological polar surface area (TPSA) is 58.1 Å². The molecule has 5 nitrogen and oxygen atoms in total. The van der Waals surface area contributed by atoms with Crippen LogP contribution in [0.4, 0.5) is 5.13 Å². The van der Waals surface area contributed by atoms with E-state index in [2.05, 4.69) is 27.2 Å². The van der Waals surface area contributed by atoms with Crippen LogP contribution in [0, 0.1) is 6.92 Å². The zero-order valence-electron chi connectivity index (χ0n) is 12.2. The van der Waals surface area contributed by atoms with E-state index >= 15 is 0 Å². The predicted molar refractivity (Wildman–Crippen MR) is 83.6 cm³/mol. The van der Waals surface area contributed by atoms with Gasteiger partial charge in [0.2, 0.25) is 0 Å². The summed E-state index contributed by atoms with van der Waals surface area (Å²) in [4.78, 5) is 24.0. The Balaban J connectivity index is 1.77. The lowest BCUT2D eigenvalue weighted by Gasteiger charge is -2.19. The molecule has 0 unspecified atom stereocenters. The maximum absolute atomic E-state index is 12.3. The van der Waals surface area contributed by atoms with E-state index in [-0.39, 0.29) is 5.91 Å². The van der Waals surface area contributed by atoms with Gasteiger partial charge in [-0.2, -0.15) is 0 Å².